The predicted molar refractivity (Wildman–Crippen MR) is 82.5 cm³/mol. The molecule has 1 fully saturated rings. The van der Waals surface area contributed by atoms with Crippen LogP contribution in [-0.2, 0) is 15.4 Å². The fourth-order valence-electron chi connectivity index (χ4n) is 2.67. The minimum absolute atomic E-state index is 0.191. The molecule has 1 aromatic carbocycles. The molecule has 3 nitrogen and oxygen atoms in total. The third kappa shape index (κ3) is 2.51. The Bertz CT molecular complexity index is 624. The van der Waals surface area contributed by atoms with Gasteiger partial charge in [0.1, 0.15) is 0 Å². The summed E-state index contributed by atoms with van der Waals surface area (Å²) in [6, 6.07) is 5.65. The Balaban J connectivity index is 2.59. The van der Waals surface area contributed by atoms with Gasteiger partial charge >= 0.3 is 0 Å². The maximum Gasteiger partial charge on any atom is 0.243 e. The molecule has 1 heterocycles. The number of aryl methyl sites for hydroxylation is 1. The van der Waals surface area contributed by atoms with Crippen LogP contribution in [0.2, 0.25) is 0 Å². The largest absolute Gasteiger partial charge is 0.243 e. The number of nitrogens with zero attached hydrogens (tertiary/aromatic N) is 1. The number of hydrogen-bond acceptors (Lipinski definition) is 2. The summed E-state index contributed by atoms with van der Waals surface area (Å²) in [5, 5.41) is 0. The lowest BCUT2D eigenvalue weighted by Crippen LogP contribution is -2.58. The second-order valence-electron chi connectivity index (χ2n) is 7.39. The van der Waals surface area contributed by atoms with Gasteiger partial charge in [-0.2, -0.15) is 4.31 Å². The molecule has 112 valence electrons. The second-order valence-corrected chi connectivity index (χ2v) is 9.22. The normalized spacial score (nSPS) is 19.7. The van der Waals surface area contributed by atoms with Crippen LogP contribution in [0.5, 0.6) is 0 Å². The molecule has 1 saturated heterocycles. The lowest BCUT2D eigenvalue weighted by molar-refractivity contribution is 0.110. The summed E-state index contributed by atoms with van der Waals surface area (Å²) in [6.07, 6.45) is 0.920. The Morgan fingerprint density at radius 1 is 1.20 bits per heavy atom. The summed E-state index contributed by atoms with van der Waals surface area (Å²) in [4.78, 5) is 0.461. The lowest BCUT2D eigenvalue weighted by atomic mass is 9.86. The molecule has 1 aliphatic heterocycles. The van der Waals surface area contributed by atoms with Crippen LogP contribution in [0.25, 0.3) is 0 Å². The molecule has 0 saturated carbocycles. The summed E-state index contributed by atoms with van der Waals surface area (Å²) < 4.78 is 27.5. The van der Waals surface area contributed by atoms with E-state index in [0.29, 0.717) is 11.4 Å². The predicted octanol–water partition coefficient (Wildman–Crippen LogP) is 3.47. The van der Waals surface area contributed by atoms with Gasteiger partial charge in [0.25, 0.3) is 0 Å². The van der Waals surface area contributed by atoms with Crippen molar-refractivity contribution in [1.29, 1.82) is 0 Å². The second kappa shape index (κ2) is 4.57. The molecule has 0 spiro atoms. The minimum Gasteiger partial charge on any atom is -0.207 e. The maximum absolute atomic E-state index is 12.9. The fourth-order valence-corrected chi connectivity index (χ4v) is 4.86. The van der Waals surface area contributed by atoms with Crippen molar-refractivity contribution in [2.24, 2.45) is 0 Å². The molecule has 0 radical (unpaired) electrons. The average Bonchev–Trinajstić information content (AvgIpc) is 2.25. The average molecular weight is 295 g/mol. The lowest BCUT2D eigenvalue weighted by Gasteiger charge is -2.47. The van der Waals surface area contributed by atoms with Gasteiger partial charge in [0.2, 0.25) is 10.0 Å². The van der Waals surface area contributed by atoms with Crippen molar-refractivity contribution >= 4 is 10.0 Å². The van der Waals surface area contributed by atoms with Crippen molar-refractivity contribution in [2.45, 2.75) is 63.8 Å². The molecule has 0 amide bonds. The molecular weight excluding hydrogens is 270 g/mol. The maximum atomic E-state index is 12.9. The van der Waals surface area contributed by atoms with Crippen molar-refractivity contribution < 1.29 is 8.42 Å². The summed E-state index contributed by atoms with van der Waals surface area (Å²) >= 11 is 0. The van der Waals surface area contributed by atoms with E-state index in [1.54, 1.807) is 10.4 Å². The van der Waals surface area contributed by atoms with E-state index in [1.165, 1.54) is 0 Å². The van der Waals surface area contributed by atoms with Crippen molar-refractivity contribution in [2.75, 3.05) is 6.54 Å². The molecule has 0 aromatic heterocycles. The SMILES string of the molecule is Cc1ccc(S(=O)(=O)N2CCC2(C)C)c(C(C)(C)C)c1. The van der Waals surface area contributed by atoms with Gasteiger partial charge in [-0.05, 0) is 44.2 Å². The van der Waals surface area contributed by atoms with E-state index < -0.39 is 10.0 Å². The molecular formula is C16H25NO2S. The highest BCUT2D eigenvalue weighted by Gasteiger charge is 2.45. The van der Waals surface area contributed by atoms with E-state index in [-0.39, 0.29) is 11.0 Å². The Labute approximate surface area is 123 Å². The molecule has 0 atom stereocenters. The fraction of sp³-hybridized carbons (Fsp3) is 0.625. The third-order valence-electron chi connectivity index (χ3n) is 4.11. The zero-order valence-corrected chi connectivity index (χ0v) is 14.1. The van der Waals surface area contributed by atoms with Crippen LogP contribution >= 0.6 is 0 Å². The molecule has 4 heteroatoms. The molecule has 1 aromatic rings. The Hall–Kier alpha value is -0.870. The highest BCUT2D eigenvalue weighted by molar-refractivity contribution is 7.89. The van der Waals surface area contributed by atoms with E-state index in [2.05, 4.69) is 20.8 Å². The minimum atomic E-state index is -3.41. The Kier molecular flexibility index (Phi) is 3.54. The molecule has 1 aliphatic rings. The number of rotatable bonds is 2. The van der Waals surface area contributed by atoms with Gasteiger partial charge in [-0.3, -0.25) is 0 Å². The molecule has 2 rings (SSSR count). The van der Waals surface area contributed by atoms with Gasteiger partial charge in [0.05, 0.1) is 4.90 Å². The topological polar surface area (TPSA) is 37.4 Å². The van der Waals surface area contributed by atoms with Crippen LogP contribution in [0.4, 0.5) is 0 Å². The van der Waals surface area contributed by atoms with Gasteiger partial charge in [-0.15, -0.1) is 0 Å². The molecule has 20 heavy (non-hydrogen) atoms. The van der Waals surface area contributed by atoms with Gasteiger partial charge in [-0.1, -0.05) is 38.5 Å². The summed E-state index contributed by atoms with van der Waals surface area (Å²) in [7, 11) is -3.41. The first-order valence-corrected chi connectivity index (χ1v) is 8.54. The Morgan fingerprint density at radius 3 is 2.20 bits per heavy atom. The third-order valence-corrected chi connectivity index (χ3v) is 6.28. The standard InChI is InChI=1S/C16H25NO2S/c1-12-7-8-14(13(11-12)15(2,3)4)20(18,19)17-10-9-16(17,5)6/h7-8,11H,9-10H2,1-6H3. The smallest absolute Gasteiger partial charge is 0.207 e. The van der Waals surface area contributed by atoms with Crippen molar-refractivity contribution in [3.05, 3.63) is 29.3 Å². The first-order valence-electron chi connectivity index (χ1n) is 7.10. The van der Waals surface area contributed by atoms with Crippen LogP contribution in [-0.4, -0.2) is 24.8 Å². The zero-order chi connectivity index (χ0) is 15.3. The van der Waals surface area contributed by atoms with E-state index >= 15 is 0 Å². The van der Waals surface area contributed by atoms with E-state index in [0.717, 1.165) is 17.5 Å². The first-order chi connectivity index (χ1) is 8.96. The van der Waals surface area contributed by atoms with Crippen LogP contribution in [0.3, 0.4) is 0 Å². The van der Waals surface area contributed by atoms with Gasteiger partial charge in [0, 0.05) is 12.1 Å². The van der Waals surface area contributed by atoms with Crippen LogP contribution in [0.1, 0.15) is 52.2 Å². The van der Waals surface area contributed by atoms with Gasteiger partial charge < -0.3 is 0 Å². The number of benzene rings is 1. The van der Waals surface area contributed by atoms with Crippen molar-refractivity contribution in [1.82, 2.24) is 4.31 Å². The van der Waals surface area contributed by atoms with Crippen LogP contribution in [0, 0.1) is 6.92 Å². The number of hydrogen-bond donors (Lipinski definition) is 0. The van der Waals surface area contributed by atoms with Crippen LogP contribution < -0.4 is 0 Å². The summed E-state index contributed by atoms with van der Waals surface area (Å²) in [5.41, 5.74) is 1.54. The van der Waals surface area contributed by atoms with Crippen LogP contribution in [0.15, 0.2) is 23.1 Å². The Morgan fingerprint density at radius 2 is 1.80 bits per heavy atom. The van der Waals surface area contributed by atoms with Gasteiger partial charge in [0.15, 0.2) is 0 Å². The highest BCUT2D eigenvalue weighted by Crippen LogP contribution is 2.38. The molecule has 0 N–H and O–H groups in total. The first kappa shape index (κ1) is 15.5. The van der Waals surface area contributed by atoms with Crippen molar-refractivity contribution in [3.63, 3.8) is 0 Å². The van der Waals surface area contributed by atoms with E-state index in [4.69, 9.17) is 0 Å². The van der Waals surface area contributed by atoms with Gasteiger partial charge in [-0.25, -0.2) is 8.42 Å². The molecule has 0 unspecified atom stereocenters. The number of sulfonamides is 1. The molecule has 0 aliphatic carbocycles. The van der Waals surface area contributed by atoms with E-state index in [1.807, 2.05) is 32.9 Å². The summed E-state index contributed by atoms with van der Waals surface area (Å²) in [5.74, 6) is 0. The zero-order valence-electron chi connectivity index (χ0n) is 13.3. The summed E-state index contributed by atoms with van der Waals surface area (Å²) in [6.45, 7) is 12.8. The van der Waals surface area contributed by atoms with Crippen molar-refractivity contribution in [3.8, 4) is 0 Å². The molecule has 0 bridgehead atoms. The van der Waals surface area contributed by atoms with E-state index in [9.17, 15) is 8.42 Å². The highest BCUT2D eigenvalue weighted by atomic mass is 32.2. The quantitative estimate of drug-likeness (QED) is 0.838. The monoisotopic (exact) mass is 295 g/mol.